The Morgan fingerprint density at radius 2 is 1.13 bits per heavy atom. The van der Waals surface area contributed by atoms with Gasteiger partial charge in [0.2, 0.25) is 0 Å². The Kier molecular flexibility index (Phi) is 5.32. The highest BCUT2D eigenvalue weighted by molar-refractivity contribution is 7.25. The molecule has 224 valence electrons. The van der Waals surface area contributed by atoms with Gasteiger partial charge < -0.3 is 0 Å². The zero-order valence-electron chi connectivity index (χ0n) is 26.8. The van der Waals surface area contributed by atoms with Crippen LogP contribution in [0.5, 0.6) is 0 Å². The molecule has 8 aromatic rings. The van der Waals surface area contributed by atoms with Crippen LogP contribution in [0.1, 0.15) is 49.9 Å². The molecule has 0 unspecified atom stereocenters. The van der Waals surface area contributed by atoms with Gasteiger partial charge in [-0.15, -0.1) is 11.3 Å². The van der Waals surface area contributed by atoms with E-state index in [0.717, 1.165) is 33.1 Å². The van der Waals surface area contributed by atoms with Gasteiger partial charge in [-0.1, -0.05) is 107 Å². The smallest absolute Gasteiger partial charge is 0.0972 e. The lowest BCUT2D eigenvalue weighted by atomic mass is 9.75. The number of hydrogen-bond donors (Lipinski definition) is 0. The molecule has 0 radical (unpaired) electrons. The van der Waals surface area contributed by atoms with Crippen molar-refractivity contribution >= 4 is 64.5 Å². The summed E-state index contributed by atoms with van der Waals surface area (Å²) in [7, 11) is 0. The number of thiophene rings is 1. The van der Waals surface area contributed by atoms with Crippen LogP contribution in [-0.2, 0) is 10.8 Å². The van der Waals surface area contributed by atoms with E-state index in [1.54, 1.807) is 0 Å². The van der Waals surface area contributed by atoms with Crippen LogP contribution in [0.15, 0.2) is 121 Å². The van der Waals surface area contributed by atoms with E-state index in [4.69, 9.17) is 4.98 Å². The van der Waals surface area contributed by atoms with Crippen LogP contribution in [0.2, 0.25) is 0 Å². The van der Waals surface area contributed by atoms with E-state index in [-0.39, 0.29) is 10.8 Å². The lowest BCUT2D eigenvalue weighted by molar-refractivity contribution is 0.694. The molecule has 2 aliphatic carbocycles. The molecule has 0 atom stereocenters. The number of nitrogens with zero attached hydrogens (tertiary/aromatic N) is 2. The Labute approximate surface area is 278 Å². The van der Waals surface area contributed by atoms with Crippen LogP contribution in [0, 0.1) is 0 Å². The van der Waals surface area contributed by atoms with E-state index < -0.39 is 0 Å². The number of fused-ring (bicyclic) bond motifs is 10. The highest BCUT2D eigenvalue weighted by Crippen LogP contribution is 2.63. The van der Waals surface area contributed by atoms with Gasteiger partial charge in [0.15, 0.2) is 0 Å². The second-order valence-corrected chi connectivity index (χ2v) is 15.3. The van der Waals surface area contributed by atoms with Gasteiger partial charge >= 0.3 is 0 Å². The Bertz CT molecular complexity index is 2690. The molecular formula is C44H32N2S. The molecule has 3 aromatic heterocycles. The summed E-state index contributed by atoms with van der Waals surface area (Å²) >= 11 is 1.89. The van der Waals surface area contributed by atoms with Crippen molar-refractivity contribution in [2.75, 3.05) is 0 Å². The quantitative estimate of drug-likeness (QED) is 0.180. The molecule has 2 nitrogen and oxygen atoms in total. The normalized spacial score (nSPS) is 15.9. The summed E-state index contributed by atoms with van der Waals surface area (Å²) in [5, 5.41) is 4.92. The largest absolute Gasteiger partial charge is 0.254 e. The number of rotatable bonds is 2. The van der Waals surface area contributed by atoms with Crippen molar-refractivity contribution in [1.82, 2.24) is 9.97 Å². The summed E-state index contributed by atoms with van der Waals surface area (Å²) in [6, 6.07) is 42.6. The Morgan fingerprint density at radius 1 is 0.511 bits per heavy atom. The molecule has 10 rings (SSSR count). The number of hydrogen-bond acceptors (Lipinski definition) is 3. The predicted octanol–water partition coefficient (Wildman–Crippen LogP) is 12.0. The van der Waals surface area contributed by atoms with Gasteiger partial charge in [0.1, 0.15) is 0 Å². The second kappa shape index (κ2) is 9.24. The van der Waals surface area contributed by atoms with E-state index >= 15 is 0 Å². The maximum atomic E-state index is 5.18. The third-order valence-electron chi connectivity index (χ3n) is 10.9. The molecule has 5 aromatic carbocycles. The van der Waals surface area contributed by atoms with Gasteiger partial charge in [0.05, 0.1) is 16.7 Å². The third kappa shape index (κ3) is 3.66. The van der Waals surface area contributed by atoms with Crippen molar-refractivity contribution in [3.63, 3.8) is 0 Å². The molecule has 0 amide bonds. The third-order valence-corrected chi connectivity index (χ3v) is 12.0. The summed E-state index contributed by atoms with van der Waals surface area (Å²) in [5.41, 5.74) is 14.9. The second-order valence-electron chi connectivity index (χ2n) is 14.2. The Morgan fingerprint density at radius 3 is 1.91 bits per heavy atom. The van der Waals surface area contributed by atoms with E-state index in [9.17, 15) is 0 Å². The average molecular weight is 621 g/mol. The zero-order valence-corrected chi connectivity index (χ0v) is 27.7. The average Bonchev–Trinajstić information content (AvgIpc) is 3.67. The summed E-state index contributed by atoms with van der Waals surface area (Å²) < 4.78 is 2.70. The SMILES string of the molecule is CC1(C)C2=C(c3ccc(-c4ccc5c(c4)sc4ccccc45)cc31)C(C)(C)c1cc(-c3ccc4ccc5cccnc5c4n3)ccc12. The molecule has 3 heterocycles. The minimum atomic E-state index is -0.133. The van der Waals surface area contributed by atoms with Crippen molar-refractivity contribution in [1.29, 1.82) is 0 Å². The minimum absolute atomic E-state index is 0.113. The van der Waals surface area contributed by atoms with Gasteiger partial charge in [-0.05, 0) is 80.9 Å². The highest BCUT2D eigenvalue weighted by Gasteiger charge is 2.49. The van der Waals surface area contributed by atoms with Gasteiger partial charge in [-0.2, -0.15) is 0 Å². The number of benzene rings is 5. The molecule has 0 N–H and O–H groups in total. The highest BCUT2D eigenvalue weighted by atomic mass is 32.1. The Hall–Kier alpha value is -5.12. The van der Waals surface area contributed by atoms with Gasteiger partial charge in [-0.3, -0.25) is 4.98 Å². The summed E-state index contributed by atoms with van der Waals surface area (Å²) in [4.78, 5) is 9.86. The molecule has 47 heavy (non-hydrogen) atoms. The van der Waals surface area contributed by atoms with Crippen LogP contribution in [0.3, 0.4) is 0 Å². The number of allylic oxidation sites excluding steroid dienone is 2. The van der Waals surface area contributed by atoms with Crippen LogP contribution in [0.4, 0.5) is 0 Å². The molecule has 0 fully saturated rings. The Balaban J connectivity index is 1.06. The van der Waals surface area contributed by atoms with Crippen LogP contribution < -0.4 is 0 Å². The molecule has 0 bridgehead atoms. The summed E-state index contributed by atoms with van der Waals surface area (Å²) in [5.74, 6) is 0. The monoisotopic (exact) mass is 620 g/mol. The predicted molar refractivity (Wildman–Crippen MR) is 200 cm³/mol. The van der Waals surface area contributed by atoms with E-state index in [2.05, 4.69) is 142 Å². The van der Waals surface area contributed by atoms with Crippen LogP contribution in [0.25, 0.3) is 75.5 Å². The summed E-state index contributed by atoms with van der Waals surface area (Å²) in [6.45, 7) is 9.62. The molecule has 0 aliphatic heterocycles. The first-order chi connectivity index (χ1) is 22.8. The van der Waals surface area contributed by atoms with E-state index in [1.165, 1.54) is 64.7 Å². The van der Waals surface area contributed by atoms with Crippen molar-refractivity contribution in [3.05, 3.63) is 144 Å². The van der Waals surface area contributed by atoms with E-state index in [1.807, 2.05) is 23.6 Å². The fourth-order valence-electron chi connectivity index (χ4n) is 8.52. The molecule has 0 saturated carbocycles. The van der Waals surface area contributed by atoms with Crippen LogP contribution in [-0.4, -0.2) is 9.97 Å². The number of pyridine rings is 2. The number of aromatic nitrogens is 2. The van der Waals surface area contributed by atoms with E-state index in [0.29, 0.717) is 0 Å². The first kappa shape index (κ1) is 27.0. The van der Waals surface area contributed by atoms with Crippen LogP contribution >= 0.6 is 11.3 Å². The summed E-state index contributed by atoms with van der Waals surface area (Å²) in [6.07, 6.45) is 1.85. The van der Waals surface area contributed by atoms with Crippen molar-refractivity contribution < 1.29 is 0 Å². The minimum Gasteiger partial charge on any atom is -0.254 e. The molecule has 3 heteroatoms. The first-order valence-electron chi connectivity index (χ1n) is 16.4. The van der Waals surface area contributed by atoms with Gasteiger partial charge in [-0.25, -0.2) is 4.98 Å². The van der Waals surface area contributed by atoms with Gasteiger partial charge in [0.25, 0.3) is 0 Å². The maximum absolute atomic E-state index is 5.18. The first-order valence-corrected chi connectivity index (χ1v) is 17.2. The van der Waals surface area contributed by atoms with Gasteiger partial charge in [0, 0.05) is 53.5 Å². The zero-order chi connectivity index (χ0) is 31.7. The lowest BCUT2D eigenvalue weighted by Gasteiger charge is -2.28. The fourth-order valence-corrected chi connectivity index (χ4v) is 9.67. The standard InChI is InChI=1S/C44H32N2S/c1-43(2)34-22-27(28-13-17-31-30-9-5-6-10-37(30)47-38(31)24-28)14-18-32(34)39-40(43)33-19-15-29(23-35(33)44(39,3)4)36-20-16-26-12-11-25-8-7-21-45-41(25)42(26)46-36/h5-24H,1-4H3. The molecule has 2 aliphatic rings. The van der Waals surface area contributed by atoms with Crippen molar-refractivity contribution in [2.24, 2.45) is 0 Å². The fraction of sp³-hybridized carbons (Fsp3) is 0.136. The molecule has 0 saturated heterocycles. The van der Waals surface area contributed by atoms with Crippen molar-refractivity contribution in [2.45, 2.75) is 38.5 Å². The lowest BCUT2D eigenvalue weighted by Crippen LogP contribution is -2.19. The van der Waals surface area contributed by atoms with Crippen molar-refractivity contribution in [3.8, 4) is 22.4 Å². The molecular weight excluding hydrogens is 589 g/mol. The molecule has 0 spiro atoms. The maximum Gasteiger partial charge on any atom is 0.0972 e. The topological polar surface area (TPSA) is 25.8 Å².